The van der Waals surface area contributed by atoms with E-state index in [4.69, 9.17) is 11.6 Å². The van der Waals surface area contributed by atoms with Gasteiger partial charge in [0, 0.05) is 12.0 Å². The highest BCUT2D eigenvalue weighted by molar-refractivity contribution is 6.28. The van der Waals surface area contributed by atoms with Crippen LogP contribution < -0.4 is 0 Å². The highest BCUT2D eigenvalue weighted by Gasteiger charge is 2.33. The molecule has 0 aliphatic heterocycles. The van der Waals surface area contributed by atoms with Crippen molar-refractivity contribution in [2.45, 2.75) is 19.0 Å². The number of benzene rings is 1. The fourth-order valence-electron chi connectivity index (χ4n) is 1.95. The van der Waals surface area contributed by atoms with Crippen LogP contribution in [0.3, 0.4) is 0 Å². The second-order valence-corrected chi connectivity index (χ2v) is 5.02. The quantitative estimate of drug-likeness (QED) is 0.623. The third kappa shape index (κ3) is 4.66. The van der Waals surface area contributed by atoms with Crippen LogP contribution in [0.25, 0.3) is 11.3 Å². The van der Waals surface area contributed by atoms with Crippen LogP contribution in [0.4, 0.5) is 13.2 Å². The summed E-state index contributed by atoms with van der Waals surface area (Å²) in [5.74, 6) is -0.361. The second kappa shape index (κ2) is 6.95. The molecule has 0 bridgehead atoms. The lowest BCUT2D eigenvalue weighted by molar-refractivity contribution is -0.141. The molecule has 1 aromatic carbocycles. The molecule has 23 heavy (non-hydrogen) atoms. The predicted octanol–water partition coefficient (Wildman–Crippen LogP) is 3.92. The second-order valence-electron chi connectivity index (χ2n) is 4.68. The van der Waals surface area contributed by atoms with Gasteiger partial charge in [-0.3, -0.25) is 4.79 Å². The van der Waals surface area contributed by atoms with Crippen LogP contribution in [0.15, 0.2) is 30.3 Å². The van der Waals surface area contributed by atoms with Crippen LogP contribution in [-0.2, 0) is 22.1 Å². The molecule has 2 rings (SSSR count). The number of rotatable bonds is 4. The van der Waals surface area contributed by atoms with E-state index in [1.54, 1.807) is 24.3 Å². The number of aryl methyl sites for hydroxylation is 1. The molecule has 0 fully saturated rings. The SMILES string of the molecule is COC(=O)CCc1cccc(-c2cc(C(F)(F)F)nc(Cl)n2)c1. The molecule has 0 radical (unpaired) electrons. The van der Waals surface area contributed by atoms with Gasteiger partial charge in [-0.05, 0) is 35.7 Å². The van der Waals surface area contributed by atoms with E-state index < -0.39 is 17.2 Å². The zero-order valence-corrected chi connectivity index (χ0v) is 12.8. The lowest BCUT2D eigenvalue weighted by Crippen LogP contribution is -2.09. The van der Waals surface area contributed by atoms with Crippen molar-refractivity contribution in [2.75, 3.05) is 7.11 Å². The maximum Gasteiger partial charge on any atom is 0.433 e. The monoisotopic (exact) mass is 344 g/mol. The van der Waals surface area contributed by atoms with E-state index in [2.05, 4.69) is 14.7 Å². The van der Waals surface area contributed by atoms with Gasteiger partial charge in [-0.1, -0.05) is 18.2 Å². The third-order valence-electron chi connectivity index (χ3n) is 3.06. The van der Waals surface area contributed by atoms with E-state index in [9.17, 15) is 18.0 Å². The van der Waals surface area contributed by atoms with Gasteiger partial charge in [-0.25, -0.2) is 9.97 Å². The molecule has 8 heteroatoms. The van der Waals surface area contributed by atoms with Gasteiger partial charge in [0.2, 0.25) is 5.28 Å². The van der Waals surface area contributed by atoms with Crippen LogP contribution in [0, 0.1) is 0 Å². The van der Waals surface area contributed by atoms with Crippen molar-refractivity contribution < 1.29 is 22.7 Å². The summed E-state index contributed by atoms with van der Waals surface area (Å²) in [5.41, 5.74) is 0.197. The van der Waals surface area contributed by atoms with Gasteiger partial charge in [-0.2, -0.15) is 13.2 Å². The molecule has 0 saturated carbocycles. The number of halogens is 4. The largest absolute Gasteiger partial charge is 0.469 e. The number of methoxy groups -OCH3 is 1. The molecule has 4 nitrogen and oxygen atoms in total. The zero-order chi connectivity index (χ0) is 17.0. The molecule has 0 saturated heterocycles. The first-order chi connectivity index (χ1) is 10.8. The maximum absolute atomic E-state index is 12.8. The standard InChI is InChI=1S/C15H12ClF3N2O2/c1-23-13(22)6-5-9-3-2-4-10(7-9)11-8-12(15(17,18)19)21-14(16)20-11/h2-4,7-8H,5-6H2,1H3. The molecule has 1 heterocycles. The summed E-state index contributed by atoms with van der Waals surface area (Å²) >= 11 is 5.58. The first-order valence-corrected chi connectivity index (χ1v) is 6.95. The number of carbonyl (C=O) groups is 1. The van der Waals surface area contributed by atoms with Gasteiger partial charge in [0.05, 0.1) is 12.8 Å². The minimum Gasteiger partial charge on any atom is -0.469 e. The topological polar surface area (TPSA) is 52.1 Å². The lowest BCUT2D eigenvalue weighted by Gasteiger charge is -2.09. The van der Waals surface area contributed by atoms with Crippen molar-refractivity contribution in [1.29, 1.82) is 0 Å². The van der Waals surface area contributed by atoms with E-state index in [1.807, 2.05) is 0 Å². The molecule has 0 aliphatic carbocycles. The number of ether oxygens (including phenoxy) is 1. The van der Waals surface area contributed by atoms with Crippen LogP contribution in [-0.4, -0.2) is 23.0 Å². The van der Waals surface area contributed by atoms with E-state index >= 15 is 0 Å². The average Bonchev–Trinajstić information content (AvgIpc) is 2.51. The molecule has 0 aliphatic rings. The Morgan fingerprint density at radius 3 is 2.65 bits per heavy atom. The molecule has 0 spiro atoms. The Bertz CT molecular complexity index is 720. The Labute approximate surface area is 135 Å². The highest BCUT2D eigenvalue weighted by atomic mass is 35.5. The number of carbonyl (C=O) groups excluding carboxylic acids is 1. The Kier molecular flexibility index (Phi) is 5.20. The molecule has 0 amide bonds. The molecular weight excluding hydrogens is 333 g/mol. The van der Waals surface area contributed by atoms with E-state index in [0.717, 1.165) is 11.6 Å². The van der Waals surface area contributed by atoms with E-state index in [0.29, 0.717) is 12.0 Å². The molecular formula is C15H12ClF3N2O2. The zero-order valence-electron chi connectivity index (χ0n) is 12.0. The maximum atomic E-state index is 12.8. The normalized spacial score (nSPS) is 11.3. The third-order valence-corrected chi connectivity index (χ3v) is 3.23. The summed E-state index contributed by atoms with van der Waals surface area (Å²) in [6, 6.07) is 7.54. The fourth-order valence-corrected chi connectivity index (χ4v) is 2.13. The number of hydrogen-bond acceptors (Lipinski definition) is 4. The van der Waals surface area contributed by atoms with Crippen molar-refractivity contribution in [3.63, 3.8) is 0 Å². The van der Waals surface area contributed by atoms with Gasteiger partial charge in [0.1, 0.15) is 5.69 Å². The first-order valence-electron chi connectivity index (χ1n) is 6.57. The Hall–Kier alpha value is -2.15. The van der Waals surface area contributed by atoms with Crippen LogP contribution in [0.2, 0.25) is 5.28 Å². The van der Waals surface area contributed by atoms with Crippen molar-refractivity contribution >= 4 is 17.6 Å². The van der Waals surface area contributed by atoms with E-state index in [-0.39, 0.29) is 18.1 Å². The number of esters is 1. The lowest BCUT2D eigenvalue weighted by atomic mass is 10.0. The smallest absolute Gasteiger partial charge is 0.433 e. The van der Waals surface area contributed by atoms with Gasteiger partial charge >= 0.3 is 12.1 Å². The van der Waals surface area contributed by atoms with Gasteiger partial charge in [0.25, 0.3) is 0 Å². The highest BCUT2D eigenvalue weighted by Crippen LogP contribution is 2.31. The molecule has 1 aromatic heterocycles. The van der Waals surface area contributed by atoms with Crippen LogP contribution in [0.1, 0.15) is 17.7 Å². The van der Waals surface area contributed by atoms with E-state index in [1.165, 1.54) is 7.11 Å². The minimum absolute atomic E-state index is 0.0669. The van der Waals surface area contributed by atoms with Gasteiger partial charge in [-0.15, -0.1) is 0 Å². The molecule has 122 valence electrons. The summed E-state index contributed by atoms with van der Waals surface area (Å²) < 4.78 is 42.9. The van der Waals surface area contributed by atoms with Gasteiger partial charge < -0.3 is 4.74 Å². The van der Waals surface area contributed by atoms with Crippen molar-refractivity contribution in [1.82, 2.24) is 9.97 Å². The summed E-state index contributed by atoms with van der Waals surface area (Å²) in [6.07, 6.45) is -4.02. The Balaban J connectivity index is 2.32. The summed E-state index contributed by atoms with van der Waals surface area (Å²) in [6.45, 7) is 0. The van der Waals surface area contributed by atoms with Gasteiger partial charge in [0.15, 0.2) is 0 Å². The fraction of sp³-hybridized carbons (Fsp3) is 0.267. The first kappa shape index (κ1) is 17.2. The molecule has 0 unspecified atom stereocenters. The number of nitrogens with zero attached hydrogens (tertiary/aromatic N) is 2. The van der Waals surface area contributed by atoms with Crippen molar-refractivity contribution in [2.24, 2.45) is 0 Å². The molecule has 2 aromatic rings. The Morgan fingerprint density at radius 1 is 1.26 bits per heavy atom. The van der Waals surface area contributed by atoms with Crippen LogP contribution >= 0.6 is 11.6 Å². The summed E-state index contributed by atoms with van der Waals surface area (Å²) in [5, 5.41) is -0.477. The Morgan fingerprint density at radius 2 is 2.00 bits per heavy atom. The van der Waals surface area contributed by atoms with Crippen molar-refractivity contribution in [3.05, 3.63) is 46.9 Å². The number of hydrogen-bond donors (Lipinski definition) is 0. The van der Waals surface area contributed by atoms with Crippen molar-refractivity contribution in [3.8, 4) is 11.3 Å². The minimum atomic E-state index is -4.61. The predicted molar refractivity (Wildman–Crippen MR) is 77.8 cm³/mol. The van der Waals surface area contributed by atoms with Crippen LogP contribution in [0.5, 0.6) is 0 Å². The average molecular weight is 345 g/mol. The molecule has 0 N–H and O–H groups in total. The number of alkyl halides is 3. The molecule has 0 atom stereocenters. The summed E-state index contributed by atoms with van der Waals surface area (Å²) in [7, 11) is 1.29. The summed E-state index contributed by atoms with van der Waals surface area (Å²) in [4.78, 5) is 18.2. The number of aromatic nitrogens is 2.